The summed E-state index contributed by atoms with van der Waals surface area (Å²) >= 11 is 10.3. The molecule has 0 amide bonds. The largest absolute Gasteiger partial charge is 0.234 e. The molecule has 1 nitrogen and oxygen atoms in total. The summed E-state index contributed by atoms with van der Waals surface area (Å²) < 4.78 is 24.7. The van der Waals surface area contributed by atoms with Gasteiger partial charge < -0.3 is 0 Å². The lowest BCUT2D eigenvalue weighted by atomic mass is 10.5. The number of nitrogens with zero attached hydrogens (tertiary/aromatic N) is 1. The molecule has 1 aromatic heterocycles. The summed E-state index contributed by atoms with van der Waals surface area (Å²) in [5.41, 5.74) is 0. The van der Waals surface area contributed by atoms with Crippen LogP contribution in [0.4, 0.5) is 8.78 Å². The van der Waals surface area contributed by atoms with Crippen molar-refractivity contribution in [2.45, 2.75) is 0 Å². The van der Waals surface area contributed by atoms with Crippen molar-refractivity contribution in [1.29, 1.82) is 0 Å². The fourth-order valence-corrected chi connectivity index (χ4v) is 0.764. The minimum atomic E-state index is -1.05. The van der Waals surface area contributed by atoms with E-state index in [2.05, 4.69) is 4.98 Å². The van der Waals surface area contributed by atoms with E-state index in [1.165, 1.54) is 0 Å². The van der Waals surface area contributed by atoms with Crippen LogP contribution < -0.4 is 0 Å². The quantitative estimate of drug-likeness (QED) is 0.564. The fourth-order valence-electron chi connectivity index (χ4n) is 0.422. The summed E-state index contributed by atoms with van der Waals surface area (Å²) in [5, 5.41) is -0.959. The van der Waals surface area contributed by atoms with Gasteiger partial charge in [0, 0.05) is 0 Å². The molecule has 0 spiro atoms. The van der Waals surface area contributed by atoms with Crippen molar-refractivity contribution in [1.82, 2.24) is 4.98 Å². The van der Waals surface area contributed by atoms with Gasteiger partial charge in [0.2, 0.25) is 5.95 Å². The monoisotopic (exact) mass is 183 g/mol. The van der Waals surface area contributed by atoms with Crippen LogP contribution in [0.3, 0.4) is 0 Å². The lowest BCUT2D eigenvalue weighted by Gasteiger charge is -1.95. The Kier molecular flexibility index (Phi) is 2.06. The number of halogens is 4. The van der Waals surface area contributed by atoms with E-state index in [-0.39, 0.29) is 5.02 Å². The van der Waals surface area contributed by atoms with E-state index in [1.807, 2.05) is 0 Å². The van der Waals surface area contributed by atoms with Gasteiger partial charge in [0.05, 0.1) is 11.2 Å². The van der Waals surface area contributed by atoms with Gasteiger partial charge >= 0.3 is 0 Å². The van der Waals surface area contributed by atoms with Gasteiger partial charge in [-0.25, -0.2) is 9.37 Å². The SMILES string of the molecule is Fc1ncc(Cl)c(F)c1Cl. The van der Waals surface area contributed by atoms with E-state index < -0.39 is 16.8 Å². The Hall–Kier alpha value is -0.410. The predicted octanol–water partition coefficient (Wildman–Crippen LogP) is 2.67. The third kappa shape index (κ3) is 1.20. The van der Waals surface area contributed by atoms with E-state index in [1.54, 1.807) is 0 Å². The maximum absolute atomic E-state index is 12.4. The molecular weight excluding hydrogens is 183 g/mol. The van der Waals surface area contributed by atoms with Crippen LogP contribution in [-0.4, -0.2) is 4.98 Å². The van der Waals surface area contributed by atoms with E-state index in [9.17, 15) is 8.78 Å². The maximum atomic E-state index is 12.4. The van der Waals surface area contributed by atoms with Gasteiger partial charge in [-0.2, -0.15) is 4.39 Å². The third-order valence-corrected chi connectivity index (χ3v) is 1.46. The third-order valence-electron chi connectivity index (χ3n) is 0.875. The smallest absolute Gasteiger partial charge is 0.225 e. The molecule has 0 saturated carbocycles. The second-order valence-corrected chi connectivity index (χ2v) is 2.31. The van der Waals surface area contributed by atoms with Gasteiger partial charge in [0.15, 0.2) is 5.82 Å². The van der Waals surface area contributed by atoms with Crippen LogP contribution in [0.25, 0.3) is 0 Å². The van der Waals surface area contributed by atoms with Crippen molar-refractivity contribution in [2.75, 3.05) is 0 Å². The molecule has 0 unspecified atom stereocenters. The van der Waals surface area contributed by atoms with Crippen LogP contribution in [0.5, 0.6) is 0 Å². The molecule has 0 saturated heterocycles. The van der Waals surface area contributed by atoms with Gasteiger partial charge in [-0.1, -0.05) is 23.2 Å². The molecule has 10 heavy (non-hydrogen) atoms. The highest BCUT2D eigenvalue weighted by molar-refractivity contribution is 6.34. The van der Waals surface area contributed by atoms with E-state index in [4.69, 9.17) is 23.2 Å². The summed E-state index contributed by atoms with van der Waals surface area (Å²) in [6.45, 7) is 0. The van der Waals surface area contributed by atoms with E-state index in [0.717, 1.165) is 6.20 Å². The molecule has 0 radical (unpaired) electrons. The van der Waals surface area contributed by atoms with Crippen molar-refractivity contribution in [3.05, 3.63) is 28.0 Å². The first-order valence-electron chi connectivity index (χ1n) is 2.28. The molecule has 0 fully saturated rings. The zero-order valence-corrected chi connectivity index (χ0v) is 6.05. The van der Waals surface area contributed by atoms with Gasteiger partial charge in [0.1, 0.15) is 5.02 Å². The van der Waals surface area contributed by atoms with Gasteiger partial charge in [0.25, 0.3) is 0 Å². The molecule has 0 aromatic carbocycles. The normalized spacial score (nSPS) is 10.0. The molecule has 0 aliphatic rings. The highest BCUT2D eigenvalue weighted by atomic mass is 35.5. The zero-order chi connectivity index (χ0) is 7.72. The lowest BCUT2D eigenvalue weighted by molar-refractivity contribution is 0.553. The van der Waals surface area contributed by atoms with Crippen LogP contribution in [0.2, 0.25) is 10.0 Å². The molecular formula is C5HCl2F2N. The van der Waals surface area contributed by atoms with Crippen molar-refractivity contribution in [2.24, 2.45) is 0 Å². The van der Waals surface area contributed by atoms with Crippen LogP contribution in [-0.2, 0) is 0 Å². The van der Waals surface area contributed by atoms with E-state index in [0.29, 0.717) is 0 Å². The predicted molar refractivity (Wildman–Crippen MR) is 34.2 cm³/mol. The molecule has 1 rings (SSSR count). The minimum Gasteiger partial charge on any atom is -0.225 e. The summed E-state index contributed by atoms with van der Waals surface area (Å²) in [6, 6.07) is 0. The van der Waals surface area contributed by atoms with Crippen LogP contribution in [0.15, 0.2) is 6.20 Å². The van der Waals surface area contributed by atoms with Crippen molar-refractivity contribution in [3.8, 4) is 0 Å². The lowest BCUT2D eigenvalue weighted by Crippen LogP contribution is -1.88. The number of hydrogen-bond acceptors (Lipinski definition) is 1. The van der Waals surface area contributed by atoms with E-state index >= 15 is 0 Å². The molecule has 1 heterocycles. The summed E-state index contributed by atoms with van der Waals surface area (Å²) in [5.74, 6) is -2.03. The average Bonchev–Trinajstić information content (AvgIpc) is 1.93. The Morgan fingerprint density at radius 3 is 2.40 bits per heavy atom. The number of pyridine rings is 1. The number of rotatable bonds is 0. The molecule has 0 N–H and O–H groups in total. The zero-order valence-electron chi connectivity index (χ0n) is 4.54. The molecule has 0 bridgehead atoms. The molecule has 54 valence electrons. The fraction of sp³-hybridized carbons (Fsp3) is 0. The highest BCUT2D eigenvalue weighted by Gasteiger charge is 2.10. The Balaban J connectivity index is 3.34. The minimum absolute atomic E-state index is 0.286. The van der Waals surface area contributed by atoms with Crippen LogP contribution >= 0.6 is 23.2 Å². The summed E-state index contributed by atoms with van der Waals surface area (Å²) in [7, 11) is 0. The van der Waals surface area contributed by atoms with Crippen molar-refractivity contribution >= 4 is 23.2 Å². The second-order valence-electron chi connectivity index (χ2n) is 1.52. The van der Waals surface area contributed by atoms with Crippen molar-refractivity contribution in [3.63, 3.8) is 0 Å². The van der Waals surface area contributed by atoms with Gasteiger partial charge in [-0.15, -0.1) is 0 Å². The van der Waals surface area contributed by atoms with Crippen molar-refractivity contribution < 1.29 is 8.78 Å². The molecule has 0 aliphatic heterocycles. The molecule has 0 atom stereocenters. The average molecular weight is 184 g/mol. The van der Waals surface area contributed by atoms with Crippen LogP contribution in [0.1, 0.15) is 0 Å². The first-order valence-corrected chi connectivity index (χ1v) is 3.03. The molecule has 0 aliphatic carbocycles. The Morgan fingerprint density at radius 2 is 1.90 bits per heavy atom. The first-order chi connectivity index (χ1) is 4.63. The molecule has 1 aromatic rings. The van der Waals surface area contributed by atoms with Gasteiger partial charge in [-0.05, 0) is 0 Å². The standard InChI is InChI=1S/C5HCl2F2N/c6-2-1-10-5(9)3(7)4(2)8/h1H. The number of aromatic nitrogens is 1. The first kappa shape index (κ1) is 7.69. The topological polar surface area (TPSA) is 12.9 Å². The Morgan fingerprint density at radius 1 is 1.30 bits per heavy atom. The summed E-state index contributed by atoms with van der Waals surface area (Å²) in [6.07, 6.45) is 0.859. The van der Waals surface area contributed by atoms with Gasteiger partial charge in [-0.3, -0.25) is 0 Å². The Bertz CT molecular complexity index is 237. The second kappa shape index (κ2) is 2.68. The van der Waals surface area contributed by atoms with Crippen LogP contribution in [0, 0.1) is 11.8 Å². The Labute approximate surface area is 65.6 Å². The maximum Gasteiger partial charge on any atom is 0.234 e. The summed E-state index contributed by atoms with van der Waals surface area (Å²) in [4.78, 5) is 3.07. The number of hydrogen-bond donors (Lipinski definition) is 0. The molecule has 5 heteroatoms. The highest BCUT2D eigenvalue weighted by Crippen LogP contribution is 2.22.